The summed E-state index contributed by atoms with van der Waals surface area (Å²) in [6, 6.07) is 13.9. The molecule has 1 aliphatic rings. The third-order valence-electron chi connectivity index (χ3n) is 5.46. The Morgan fingerprint density at radius 1 is 1.15 bits per heavy atom. The number of hydrogen-bond donors (Lipinski definition) is 1. The van der Waals surface area contributed by atoms with E-state index in [1.165, 1.54) is 24.3 Å². The van der Waals surface area contributed by atoms with Crippen molar-refractivity contribution in [2.45, 2.75) is 24.3 Å². The Kier molecular flexibility index (Phi) is 5.88. The summed E-state index contributed by atoms with van der Waals surface area (Å²) in [5.74, 6) is 0.0427. The van der Waals surface area contributed by atoms with Crippen molar-refractivity contribution in [3.63, 3.8) is 0 Å². The molecule has 0 bridgehead atoms. The average Bonchev–Trinajstić information content (AvgIpc) is 3.46. The number of anilines is 1. The van der Waals surface area contributed by atoms with Crippen molar-refractivity contribution in [3.8, 4) is 11.3 Å². The van der Waals surface area contributed by atoms with Crippen LogP contribution in [0.25, 0.3) is 11.3 Å². The molecule has 34 heavy (non-hydrogen) atoms. The number of thiazole rings is 1. The Hall–Kier alpha value is -3.57. The summed E-state index contributed by atoms with van der Waals surface area (Å²) in [5.41, 5.74) is 2.77. The van der Waals surface area contributed by atoms with Crippen LogP contribution in [0.5, 0.6) is 0 Å². The molecule has 0 unspecified atom stereocenters. The number of carbonyl (C=O) groups is 1. The molecule has 0 atom stereocenters. The van der Waals surface area contributed by atoms with Gasteiger partial charge in [-0.25, -0.2) is 17.8 Å². The number of halogens is 1. The van der Waals surface area contributed by atoms with Gasteiger partial charge in [-0.1, -0.05) is 23.4 Å². The van der Waals surface area contributed by atoms with Crippen LogP contribution < -0.4 is 4.72 Å². The first kappa shape index (κ1) is 22.2. The molecule has 1 aliphatic heterocycles. The summed E-state index contributed by atoms with van der Waals surface area (Å²) in [6.07, 6.45) is 0.584. The fourth-order valence-corrected chi connectivity index (χ4v) is 5.71. The molecule has 0 radical (unpaired) electrons. The molecule has 1 N–H and O–H groups in total. The zero-order valence-electron chi connectivity index (χ0n) is 17.8. The predicted octanol–water partition coefficient (Wildman–Crippen LogP) is 3.87. The zero-order valence-corrected chi connectivity index (χ0v) is 19.4. The first-order valence-corrected chi connectivity index (χ1v) is 12.8. The number of sulfonamides is 1. The minimum Gasteiger partial charge on any atom is -0.356 e. The van der Waals surface area contributed by atoms with Crippen molar-refractivity contribution in [3.05, 3.63) is 82.7 Å². The Labute approximate surface area is 199 Å². The van der Waals surface area contributed by atoms with E-state index in [1.54, 1.807) is 40.6 Å². The number of fused-ring (bicyclic) bond motifs is 1. The lowest BCUT2D eigenvalue weighted by Crippen LogP contribution is -2.37. The van der Waals surface area contributed by atoms with Crippen molar-refractivity contribution in [2.75, 3.05) is 11.3 Å². The summed E-state index contributed by atoms with van der Waals surface area (Å²) < 4.78 is 46.2. The number of amides is 1. The Balaban J connectivity index is 1.26. The van der Waals surface area contributed by atoms with Crippen molar-refractivity contribution in [1.29, 1.82) is 0 Å². The Bertz CT molecular complexity index is 1430. The van der Waals surface area contributed by atoms with Crippen LogP contribution in [0.3, 0.4) is 0 Å². The molecule has 8 nitrogen and oxygen atoms in total. The Morgan fingerprint density at radius 2 is 1.91 bits per heavy atom. The molecule has 11 heteroatoms. The number of nitrogens with zero attached hydrogens (tertiary/aromatic N) is 3. The first-order chi connectivity index (χ1) is 16.4. The highest BCUT2D eigenvalue weighted by Crippen LogP contribution is 2.31. The number of benzene rings is 2. The van der Waals surface area contributed by atoms with Crippen LogP contribution in [0.4, 0.5) is 9.52 Å². The molecule has 0 spiro atoms. The van der Waals surface area contributed by atoms with Gasteiger partial charge in [-0.2, -0.15) is 0 Å². The molecule has 1 amide bonds. The van der Waals surface area contributed by atoms with E-state index in [9.17, 15) is 17.6 Å². The van der Waals surface area contributed by atoms with E-state index in [2.05, 4.69) is 14.9 Å². The van der Waals surface area contributed by atoms with E-state index >= 15 is 0 Å². The van der Waals surface area contributed by atoms with Gasteiger partial charge in [-0.05, 0) is 36.4 Å². The largest absolute Gasteiger partial charge is 0.356 e. The molecular formula is C23H19FN4O4S2. The lowest BCUT2D eigenvalue weighted by atomic mass is 10.0. The Morgan fingerprint density at radius 3 is 2.68 bits per heavy atom. The van der Waals surface area contributed by atoms with E-state index in [0.717, 1.165) is 22.6 Å². The van der Waals surface area contributed by atoms with Gasteiger partial charge in [0.2, 0.25) is 5.91 Å². The molecule has 0 saturated heterocycles. The average molecular weight is 499 g/mol. The van der Waals surface area contributed by atoms with E-state index in [-0.39, 0.29) is 28.2 Å². The van der Waals surface area contributed by atoms with Gasteiger partial charge in [-0.3, -0.25) is 9.52 Å². The van der Waals surface area contributed by atoms with Gasteiger partial charge in [-0.15, -0.1) is 11.3 Å². The van der Waals surface area contributed by atoms with Crippen molar-refractivity contribution < 1.29 is 22.1 Å². The lowest BCUT2D eigenvalue weighted by molar-refractivity contribution is -0.131. The fourth-order valence-electron chi connectivity index (χ4n) is 3.73. The van der Waals surface area contributed by atoms with Gasteiger partial charge >= 0.3 is 0 Å². The normalized spacial score (nSPS) is 13.5. The van der Waals surface area contributed by atoms with Crippen LogP contribution in [0, 0.1) is 5.82 Å². The summed E-state index contributed by atoms with van der Waals surface area (Å²) in [4.78, 5) is 19.1. The van der Waals surface area contributed by atoms with Crippen molar-refractivity contribution in [2.24, 2.45) is 0 Å². The molecular weight excluding hydrogens is 479 g/mol. The molecule has 2 aromatic heterocycles. The van der Waals surface area contributed by atoms with Gasteiger partial charge in [0.05, 0.1) is 29.2 Å². The van der Waals surface area contributed by atoms with Crippen LogP contribution in [-0.2, 0) is 34.2 Å². The monoisotopic (exact) mass is 498 g/mol. The second kappa shape index (κ2) is 8.99. The molecule has 0 saturated carbocycles. The van der Waals surface area contributed by atoms with E-state index < -0.39 is 10.0 Å². The molecule has 0 fully saturated rings. The highest BCUT2D eigenvalue weighted by Gasteiger charge is 2.28. The number of aromatic nitrogens is 2. The molecule has 0 aliphatic carbocycles. The molecule has 3 heterocycles. The minimum absolute atomic E-state index is 0.0378. The van der Waals surface area contributed by atoms with E-state index in [1.807, 2.05) is 0 Å². The standard InChI is InChI=1S/C23H19FN4O4S2/c24-16-8-6-15(7-9-16)22-19-13-28(11-10-20(19)26-32-22)21(29)12-17-14-33-23(25-17)27-34(30,31)18-4-2-1-3-5-18/h1-9,14H,10-13H2,(H,25,27). The summed E-state index contributed by atoms with van der Waals surface area (Å²) >= 11 is 1.12. The van der Waals surface area contributed by atoms with Gasteiger partial charge in [0, 0.05) is 29.5 Å². The van der Waals surface area contributed by atoms with Crippen molar-refractivity contribution >= 4 is 32.4 Å². The van der Waals surface area contributed by atoms with E-state index in [0.29, 0.717) is 36.5 Å². The highest BCUT2D eigenvalue weighted by molar-refractivity contribution is 7.93. The maximum Gasteiger partial charge on any atom is 0.263 e. The number of rotatable bonds is 6. The summed E-state index contributed by atoms with van der Waals surface area (Å²) in [7, 11) is -3.75. The van der Waals surface area contributed by atoms with Crippen LogP contribution >= 0.6 is 11.3 Å². The second-order valence-electron chi connectivity index (χ2n) is 7.75. The minimum atomic E-state index is -3.75. The van der Waals surface area contributed by atoms with Crippen LogP contribution in [0.2, 0.25) is 0 Å². The van der Waals surface area contributed by atoms with Crippen LogP contribution in [0.15, 0.2) is 69.4 Å². The number of hydrogen-bond acceptors (Lipinski definition) is 7. The maximum absolute atomic E-state index is 13.3. The topological polar surface area (TPSA) is 105 Å². The third kappa shape index (κ3) is 4.57. The van der Waals surface area contributed by atoms with Crippen molar-refractivity contribution in [1.82, 2.24) is 15.0 Å². The molecule has 4 aromatic rings. The molecule has 174 valence electrons. The van der Waals surface area contributed by atoms with E-state index in [4.69, 9.17) is 4.52 Å². The van der Waals surface area contributed by atoms with Crippen LogP contribution in [-0.4, -0.2) is 35.9 Å². The fraction of sp³-hybridized carbons (Fsp3) is 0.174. The third-order valence-corrected chi connectivity index (χ3v) is 7.75. The van der Waals surface area contributed by atoms with Crippen LogP contribution in [0.1, 0.15) is 17.0 Å². The molecule has 2 aromatic carbocycles. The molecule has 5 rings (SSSR count). The summed E-state index contributed by atoms with van der Waals surface area (Å²) in [5, 5.41) is 5.98. The predicted molar refractivity (Wildman–Crippen MR) is 124 cm³/mol. The number of carbonyl (C=O) groups excluding carboxylic acids is 1. The quantitative estimate of drug-likeness (QED) is 0.433. The lowest BCUT2D eigenvalue weighted by Gasteiger charge is -2.26. The zero-order chi connectivity index (χ0) is 23.7. The smallest absolute Gasteiger partial charge is 0.263 e. The summed E-state index contributed by atoms with van der Waals surface area (Å²) in [6.45, 7) is 0.806. The number of nitrogens with one attached hydrogen (secondary N) is 1. The highest BCUT2D eigenvalue weighted by atomic mass is 32.2. The second-order valence-corrected chi connectivity index (χ2v) is 10.3. The van der Waals surface area contributed by atoms with Gasteiger partial charge in [0.1, 0.15) is 5.82 Å². The maximum atomic E-state index is 13.3. The van der Waals surface area contributed by atoms with Gasteiger partial charge in [0.15, 0.2) is 10.9 Å². The SMILES string of the molecule is O=C(Cc1csc(NS(=O)(=O)c2ccccc2)n1)N1CCc2noc(-c3ccc(F)cc3)c2C1. The van der Waals surface area contributed by atoms with Gasteiger partial charge in [0.25, 0.3) is 10.0 Å². The van der Waals surface area contributed by atoms with Gasteiger partial charge < -0.3 is 9.42 Å². The first-order valence-electron chi connectivity index (χ1n) is 10.4.